The first-order valence-corrected chi connectivity index (χ1v) is 8.42. The molecule has 1 heterocycles. The molecule has 1 unspecified atom stereocenters. The van der Waals surface area contributed by atoms with Crippen LogP contribution in [-0.4, -0.2) is 36.1 Å². The van der Waals surface area contributed by atoms with Crippen LogP contribution in [0, 0.1) is 5.92 Å². The number of halogens is 1. The molecule has 1 fully saturated rings. The van der Waals surface area contributed by atoms with Gasteiger partial charge in [-0.3, -0.25) is 14.5 Å². The Morgan fingerprint density at radius 1 is 1.35 bits per heavy atom. The first-order valence-electron chi connectivity index (χ1n) is 7.62. The molecule has 0 bridgehead atoms. The monoisotopic (exact) mass is 379 g/mol. The van der Waals surface area contributed by atoms with Crippen LogP contribution in [0.4, 0.5) is 5.69 Å². The third-order valence-corrected chi connectivity index (χ3v) is 4.65. The Morgan fingerprint density at radius 3 is 2.57 bits per heavy atom. The van der Waals surface area contributed by atoms with E-state index in [0.29, 0.717) is 25.4 Å². The maximum absolute atomic E-state index is 11.9. The number of hydrogen-bond donors (Lipinski definition) is 2. The lowest BCUT2D eigenvalue weighted by molar-refractivity contribution is -0.131. The Morgan fingerprint density at radius 2 is 2.00 bits per heavy atom. The summed E-state index contributed by atoms with van der Waals surface area (Å²) in [4.78, 5) is 25.0. The molecule has 0 spiro atoms. The minimum atomic E-state index is -0.354. The van der Waals surface area contributed by atoms with E-state index < -0.39 is 0 Å². The zero-order valence-electron chi connectivity index (χ0n) is 13.6. The van der Waals surface area contributed by atoms with Crippen LogP contribution in [0.5, 0.6) is 0 Å². The number of benzene rings is 1. The fourth-order valence-corrected chi connectivity index (χ4v) is 2.90. The average Bonchev–Trinajstić information content (AvgIpc) is 2.99. The van der Waals surface area contributed by atoms with Crippen molar-refractivity contribution in [2.45, 2.75) is 26.8 Å². The molecule has 0 aromatic heterocycles. The summed E-state index contributed by atoms with van der Waals surface area (Å²) in [5.74, 6) is -0.706. The predicted octanol–water partition coefficient (Wildman–Crippen LogP) is 2.75. The smallest absolute Gasteiger partial charge is 0.203 e. The number of anilines is 1. The topological polar surface area (TPSA) is 61.4 Å². The number of allylic oxidation sites excluding steroid dienone is 1. The second-order valence-corrected chi connectivity index (χ2v) is 6.92. The molecule has 1 atom stereocenters. The molecule has 0 aliphatic carbocycles. The van der Waals surface area contributed by atoms with Crippen LogP contribution in [0.2, 0.25) is 0 Å². The van der Waals surface area contributed by atoms with Crippen LogP contribution >= 0.6 is 15.9 Å². The summed E-state index contributed by atoms with van der Waals surface area (Å²) in [6.07, 6.45) is 0.434. The first-order chi connectivity index (χ1) is 10.9. The van der Waals surface area contributed by atoms with Gasteiger partial charge < -0.3 is 10.9 Å². The second kappa shape index (κ2) is 7.75. The number of carbonyl (C=O) groups excluding carboxylic acids is 2. The Balaban J connectivity index is 2.13. The molecule has 2 rings (SSSR count). The van der Waals surface area contributed by atoms with E-state index in [-0.39, 0.29) is 11.7 Å². The van der Waals surface area contributed by atoms with Crippen LogP contribution in [0.15, 0.2) is 40.0 Å². The largest absolute Gasteiger partial charge is 0.305 e. The van der Waals surface area contributed by atoms with Crippen molar-refractivity contribution in [1.82, 2.24) is 10.3 Å². The molecule has 5 nitrogen and oxygen atoms in total. The van der Waals surface area contributed by atoms with Gasteiger partial charge in [-0.2, -0.15) is 0 Å². The van der Waals surface area contributed by atoms with E-state index in [1.165, 1.54) is 0 Å². The van der Waals surface area contributed by atoms with Crippen molar-refractivity contribution in [1.29, 1.82) is 0 Å². The SMILES string of the molecule is CC(NNc1ccc(Br)cc1)=C1CN(C(C)C)CC1C(=O)C=O. The second-order valence-electron chi connectivity index (χ2n) is 6.00. The molecule has 1 aromatic rings. The lowest BCUT2D eigenvalue weighted by Crippen LogP contribution is -2.29. The van der Waals surface area contributed by atoms with Crippen molar-refractivity contribution < 1.29 is 9.59 Å². The van der Waals surface area contributed by atoms with Crippen LogP contribution in [0.1, 0.15) is 20.8 Å². The maximum atomic E-state index is 11.9. The molecule has 1 aliphatic rings. The van der Waals surface area contributed by atoms with Crippen molar-refractivity contribution in [2.75, 3.05) is 18.5 Å². The molecule has 0 radical (unpaired) electrons. The van der Waals surface area contributed by atoms with Gasteiger partial charge in [-0.1, -0.05) is 15.9 Å². The van der Waals surface area contributed by atoms with Crippen LogP contribution < -0.4 is 10.9 Å². The predicted molar refractivity (Wildman–Crippen MR) is 94.9 cm³/mol. The third-order valence-electron chi connectivity index (χ3n) is 4.12. The van der Waals surface area contributed by atoms with Gasteiger partial charge >= 0.3 is 0 Å². The van der Waals surface area contributed by atoms with Gasteiger partial charge in [0.15, 0.2) is 6.29 Å². The number of hydrazine groups is 1. The highest BCUT2D eigenvalue weighted by molar-refractivity contribution is 9.10. The van der Waals surface area contributed by atoms with Crippen LogP contribution in [0.25, 0.3) is 0 Å². The Hall–Kier alpha value is -1.66. The van der Waals surface area contributed by atoms with Crippen molar-refractivity contribution >= 4 is 33.7 Å². The summed E-state index contributed by atoms with van der Waals surface area (Å²) >= 11 is 3.40. The molecule has 124 valence electrons. The number of rotatable bonds is 6. The Labute approximate surface area is 145 Å². The van der Waals surface area contributed by atoms with Gasteiger partial charge in [-0.15, -0.1) is 0 Å². The number of Topliss-reactive ketones (excluding diaryl/α,β-unsaturated/α-hetero) is 1. The van der Waals surface area contributed by atoms with Crippen molar-refractivity contribution in [2.24, 2.45) is 5.92 Å². The van der Waals surface area contributed by atoms with E-state index in [0.717, 1.165) is 21.4 Å². The minimum Gasteiger partial charge on any atom is -0.305 e. The lowest BCUT2D eigenvalue weighted by Gasteiger charge is -2.19. The van der Waals surface area contributed by atoms with E-state index in [2.05, 4.69) is 45.5 Å². The Kier molecular flexibility index (Phi) is 5.96. The summed E-state index contributed by atoms with van der Waals surface area (Å²) < 4.78 is 1.01. The molecule has 6 heteroatoms. The summed E-state index contributed by atoms with van der Waals surface area (Å²) in [5, 5.41) is 0. The molecule has 1 aromatic carbocycles. The van der Waals surface area contributed by atoms with Crippen LogP contribution in [0.3, 0.4) is 0 Å². The van der Waals surface area contributed by atoms with Gasteiger partial charge in [0.05, 0.1) is 11.6 Å². The zero-order chi connectivity index (χ0) is 17.0. The zero-order valence-corrected chi connectivity index (χ0v) is 15.2. The minimum absolute atomic E-state index is 0.335. The van der Waals surface area contributed by atoms with Gasteiger partial charge in [0, 0.05) is 29.3 Å². The quantitative estimate of drug-likeness (QED) is 0.452. The van der Waals surface area contributed by atoms with Gasteiger partial charge in [0.2, 0.25) is 5.78 Å². The summed E-state index contributed by atoms with van der Waals surface area (Å²) in [7, 11) is 0. The fraction of sp³-hybridized carbons (Fsp3) is 0.412. The molecule has 0 saturated carbocycles. The third kappa shape index (κ3) is 4.42. The van der Waals surface area contributed by atoms with Gasteiger partial charge in [-0.25, -0.2) is 0 Å². The van der Waals surface area contributed by atoms with Crippen molar-refractivity contribution in [3.63, 3.8) is 0 Å². The van der Waals surface area contributed by atoms with Crippen molar-refractivity contribution in [3.05, 3.63) is 40.0 Å². The number of ketones is 1. The van der Waals surface area contributed by atoms with E-state index >= 15 is 0 Å². The van der Waals surface area contributed by atoms with Gasteiger partial charge in [0.25, 0.3) is 0 Å². The maximum Gasteiger partial charge on any atom is 0.203 e. The molecule has 0 amide bonds. The average molecular weight is 380 g/mol. The molecular weight excluding hydrogens is 358 g/mol. The summed E-state index contributed by atoms with van der Waals surface area (Å²) in [6, 6.07) is 8.11. The highest BCUT2D eigenvalue weighted by atomic mass is 79.9. The highest BCUT2D eigenvalue weighted by Gasteiger charge is 2.34. The standard InChI is InChI=1S/C17H22BrN3O2/c1-11(2)21-8-15(16(9-21)17(23)10-22)12(3)19-20-14-6-4-13(18)5-7-14/h4-7,10-11,16,19-20H,8-9H2,1-3H3. The molecule has 1 saturated heterocycles. The first kappa shape index (κ1) is 17.7. The van der Waals surface area contributed by atoms with E-state index in [1.807, 2.05) is 31.2 Å². The number of nitrogens with one attached hydrogen (secondary N) is 2. The Bertz CT molecular complexity index is 611. The normalized spacial score (nSPS) is 20.5. The number of likely N-dealkylation sites (tertiary alicyclic amines) is 1. The van der Waals surface area contributed by atoms with E-state index in [9.17, 15) is 9.59 Å². The number of aldehydes is 1. The van der Waals surface area contributed by atoms with E-state index in [4.69, 9.17) is 0 Å². The molecular formula is C17H22BrN3O2. The number of nitrogens with zero attached hydrogens (tertiary/aromatic N) is 1. The van der Waals surface area contributed by atoms with Crippen LogP contribution in [-0.2, 0) is 9.59 Å². The highest BCUT2D eigenvalue weighted by Crippen LogP contribution is 2.27. The lowest BCUT2D eigenvalue weighted by atomic mass is 9.97. The van der Waals surface area contributed by atoms with Gasteiger partial charge in [-0.05, 0) is 50.6 Å². The van der Waals surface area contributed by atoms with E-state index in [1.54, 1.807) is 0 Å². The number of carbonyl (C=O) groups is 2. The summed E-state index contributed by atoms with van der Waals surface area (Å²) in [6.45, 7) is 7.41. The molecule has 1 aliphatic heterocycles. The fourth-order valence-electron chi connectivity index (χ4n) is 2.63. The van der Waals surface area contributed by atoms with Gasteiger partial charge in [0.1, 0.15) is 0 Å². The molecule has 2 N–H and O–H groups in total. The summed E-state index contributed by atoms with van der Waals surface area (Å²) in [5.41, 5.74) is 9.05. The number of hydrogen-bond acceptors (Lipinski definition) is 5. The molecule has 23 heavy (non-hydrogen) atoms. The van der Waals surface area contributed by atoms with Crippen molar-refractivity contribution in [3.8, 4) is 0 Å².